The van der Waals surface area contributed by atoms with Crippen LogP contribution in [-0.4, -0.2) is 11.0 Å². The summed E-state index contributed by atoms with van der Waals surface area (Å²) in [4.78, 5) is 4.89. The van der Waals surface area contributed by atoms with Gasteiger partial charge >= 0.3 is 0 Å². The topological polar surface area (TPSA) is 27.0 Å². The van der Waals surface area contributed by atoms with E-state index in [-0.39, 0.29) is 25.8 Å². The van der Waals surface area contributed by atoms with Crippen LogP contribution >= 0.6 is 0 Å². The Morgan fingerprint density at radius 3 is 1.48 bits per heavy atom. The molecule has 1 unspecified atom stereocenters. The van der Waals surface area contributed by atoms with Crippen LogP contribution in [0, 0.1) is 26.7 Å². The summed E-state index contributed by atoms with van der Waals surface area (Å²) in [5.41, 5.74) is 7.98. The molecule has 0 fully saturated rings. The molecule has 0 saturated carbocycles. The summed E-state index contributed by atoms with van der Waals surface area (Å²) in [6.45, 7) is 20.1. The van der Waals surface area contributed by atoms with Gasteiger partial charge in [0.1, 0.15) is 0 Å². The zero-order valence-corrected chi connectivity index (χ0v) is 29.2. The molecule has 4 aromatic carbocycles. The van der Waals surface area contributed by atoms with Crippen LogP contribution in [-0.2, 0) is 32.3 Å². The van der Waals surface area contributed by atoms with E-state index in [1.165, 1.54) is 17.4 Å². The van der Waals surface area contributed by atoms with Crippen LogP contribution in [0.1, 0.15) is 68.0 Å². The second-order valence-electron chi connectivity index (χ2n) is 11.0. The molecule has 1 aromatic heterocycles. The Kier molecular flexibility index (Phi) is 15.1. The third-order valence-electron chi connectivity index (χ3n) is 6.83. The predicted molar refractivity (Wildman–Crippen MR) is 179 cm³/mol. The van der Waals surface area contributed by atoms with Crippen molar-refractivity contribution in [2.45, 2.75) is 52.5 Å². The fourth-order valence-electron chi connectivity index (χ4n) is 4.35. The van der Waals surface area contributed by atoms with Crippen LogP contribution < -0.4 is 0 Å². The SMILES string of the molecule is CC(C)c1ccc2ccc3c(c2n1)[N-]C(C(C)C)CC3.[CH2-]c1ccccc1.[CH2-]c1ccccc1.[CH2-]c1ccccc1.[Hf]. The van der Waals surface area contributed by atoms with E-state index >= 15 is 0 Å². The zero-order valence-electron chi connectivity index (χ0n) is 25.6. The Hall–Kier alpha value is -3.43. The van der Waals surface area contributed by atoms with Crippen molar-refractivity contribution in [3.8, 4) is 0 Å². The first-order valence-corrected chi connectivity index (χ1v) is 14.5. The van der Waals surface area contributed by atoms with Crippen molar-refractivity contribution in [2.24, 2.45) is 5.92 Å². The predicted octanol–water partition coefficient (Wildman–Crippen LogP) is 10.9. The molecule has 1 aliphatic rings. The van der Waals surface area contributed by atoms with Crippen LogP contribution in [0.5, 0.6) is 0 Å². The van der Waals surface area contributed by atoms with E-state index in [4.69, 9.17) is 10.3 Å². The maximum absolute atomic E-state index is 5.01. The Morgan fingerprint density at radius 1 is 0.643 bits per heavy atom. The van der Waals surface area contributed by atoms with Gasteiger partial charge in [-0.15, -0.1) is 48.1 Å². The number of hydrogen-bond acceptors (Lipinski definition) is 1. The molecular formula is C39H44HfN2-4. The van der Waals surface area contributed by atoms with Crippen molar-refractivity contribution in [3.05, 3.63) is 169 Å². The molecule has 1 atom stereocenters. The Balaban J connectivity index is 0.000000229. The van der Waals surface area contributed by atoms with Gasteiger partial charge in [0, 0.05) is 31.5 Å². The molecule has 2 nitrogen and oxygen atoms in total. The minimum atomic E-state index is 0. The molecule has 0 bridgehead atoms. The van der Waals surface area contributed by atoms with Gasteiger partial charge in [-0.2, -0.15) is 73.9 Å². The molecule has 0 radical (unpaired) electrons. The molecule has 42 heavy (non-hydrogen) atoms. The van der Waals surface area contributed by atoms with E-state index in [9.17, 15) is 0 Å². The normalized spacial score (nSPS) is 13.0. The summed E-state index contributed by atoms with van der Waals surface area (Å²) in [5, 5.41) is 6.22. The van der Waals surface area contributed by atoms with Gasteiger partial charge in [-0.1, -0.05) is 82.0 Å². The number of aryl methyl sites for hydroxylation is 1. The summed E-state index contributed by atoms with van der Waals surface area (Å²) < 4.78 is 0. The molecular weight excluding hydrogens is 675 g/mol. The average molecular weight is 719 g/mol. The van der Waals surface area contributed by atoms with Crippen LogP contribution in [0.25, 0.3) is 16.2 Å². The summed E-state index contributed by atoms with van der Waals surface area (Å²) in [6, 6.07) is 38.8. The molecule has 5 aromatic rings. The van der Waals surface area contributed by atoms with E-state index in [0.717, 1.165) is 40.0 Å². The molecule has 2 heterocycles. The molecule has 1 aliphatic heterocycles. The minimum Gasteiger partial charge on any atom is -0.679 e. The maximum atomic E-state index is 5.01. The maximum Gasteiger partial charge on any atom is 0.0559 e. The van der Waals surface area contributed by atoms with Gasteiger partial charge in [0.15, 0.2) is 0 Å². The van der Waals surface area contributed by atoms with Gasteiger partial charge in [-0.3, -0.25) is 4.98 Å². The van der Waals surface area contributed by atoms with E-state index in [1.54, 1.807) is 0 Å². The second kappa shape index (κ2) is 18.2. The molecule has 6 rings (SSSR count). The number of hydrogen-bond donors (Lipinski definition) is 0. The summed E-state index contributed by atoms with van der Waals surface area (Å²) >= 11 is 0. The van der Waals surface area contributed by atoms with Gasteiger partial charge in [0.05, 0.1) is 5.52 Å². The largest absolute Gasteiger partial charge is 0.679 e. The second-order valence-corrected chi connectivity index (χ2v) is 11.0. The van der Waals surface area contributed by atoms with E-state index < -0.39 is 0 Å². The first kappa shape index (κ1) is 34.8. The Bertz CT molecular complexity index is 1340. The average Bonchev–Trinajstić information content (AvgIpc) is 2.98. The third-order valence-corrected chi connectivity index (χ3v) is 6.83. The quantitative estimate of drug-likeness (QED) is 0.132. The molecule has 3 heteroatoms. The van der Waals surface area contributed by atoms with Gasteiger partial charge < -0.3 is 5.32 Å². The van der Waals surface area contributed by atoms with Gasteiger partial charge in [0.2, 0.25) is 0 Å². The monoisotopic (exact) mass is 720 g/mol. The van der Waals surface area contributed by atoms with Crippen molar-refractivity contribution < 1.29 is 25.8 Å². The standard InChI is InChI=1S/C18H23N2.3C7H7.Hf/c1-11(2)15-9-7-13-5-6-14-8-10-16(12(3)4)20-18(14)17(13)19-15;3*1-7-5-3-2-4-6-7;/h5-7,9,11-12,16H,8,10H2,1-4H3;3*2-6H,1H2;/q4*-1;. The fraction of sp³-hybridized carbons (Fsp3) is 0.231. The van der Waals surface area contributed by atoms with Gasteiger partial charge in [0.25, 0.3) is 0 Å². The molecule has 0 amide bonds. The summed E-state index contributed by atoms with van der Waals surface area (Å²) in [5.74, 6) is 1.06. The summed E-state index contributed by atoms with van der Waals surface area (Å²) in [6.07, 6.45) is 2.30. The molecule has 218 valence electrons. The first-order valence-electron chi connectivity index (χ1n) is 14.5. The summed E-state index contributed by atoms with van der Waals surface area (Å²) in [7, 11) is 0. The van der Waals surface area contributed by atoms with Gasteiger partial charge in [-0.05, 0) is 23.8 Å². The van der Waals surface area contributed by atoms with Crippen LogP contribution in [0.15, 0.2) is 115 Å². The number of benzene rings is 4. The Morgan fingerprint density at radius 2 is 1.10 bits per heavy atom. The van der Waals surface area contributed by atoms with E-state index in [2.05, 4.69) is 72.7 Å². The number of rotatable bonds is 2. The van der Waals surface area contributed by atoms with E-state index in [1.807, 2.05) is 91.0 Å². The van der Waals surface area contributed by atoms with Crippen LogP contribution in [0.2, 0.25) is 0 Å². The van der Waals surface area contributed by atoms with Crippen molar-refractivity contribution in [1.29, 1.82) is 0 Å². The first-order chi connectivity index (χ1) is 19.7. The number of pyridine rings is 1. The number of fused-ring (bicyclic) bond motifs is 3. The molecule has 0 saturated heterocycles. The zero-order chi connectivity index (χ0) is 29.6. The molecule has 0 N–H and O–H groups in total. The van der Waals surface area contributed by atoms with Crippen molar-refractivity contribution in [1.82, 2.24) is 4.98 Å². The van der Waals surface area contributed by atoms with Crippen LogP contribution in [0.3, 0.4) is 0 Å². The number of aromatic nitrogens is 1. The smallest absolute Gasteiger partial charge is 0.0559 e. The number of nitrogens with zero attached hydrogens (tertiary/aromatic N) is 2. The molecule has 0 spiro atoms. The van der Waals surface area contributed by atoms with E-state index in [0.29, 0.717) is 17.9 Å². The third kappa shape index (κ3) is 11.4. The van der Waals surface area contributed by atoms with Crippen LogP contribution in [0.4, 0.5) is 5.69 Å². The fourth-order valence-corrected chi connectivity index (χ4v) is 4.35. The van der Waals surface area contributed by atoms with Gasteiger partial charge in [-0.25, -0.2) is 0 Å². The van der Waals surface area contributed by atoms with Crippen molar-refractivity contribution in [2.75, 3.05) is 0 Å². The van der Waals surface area contributed by atoms with Crippen molar-refractivity contribution in [3.63, 3.8) is 0 Å². The minimum absolute atomic E-state index is 0. The van der Waals surface area contributed by atoms with Crippen molar-refractivity contribution >= 4 is 16.6 Å². The molecule has 0 aliphatic carbocycles. The Labute approximate surface area is 273 Å².